The van der Waals surface area contributed by atoms with E-state index in [1.807, 2.05) is 20.9 Å². The minimum atomic E-state index is -0.255. The SMILES string of the molecule is CC(N)C(c1ccc(F)cc1)N(C)C(C)CC#N. The van der Waals surface area contributed by atoms with Crippen molar-refractivity contribution in [2.45, 2.75) is 38.4 Å². The maximum Gasteiger partial charge on any atom is 0.123 e. The molecule has 0 fully saturated rings. The van der Waals surface area contributed by atoms with Gasteiger partial charge in [-0.05, 0) is 38.6 Å². The molecule has 98 valence electrons. The highest BCUT2D eigenvalue weighted by Gasteiger charge is 2.24. The molecule has 2 N–H and O–H groups in total. The van der Waals surface area contributed by atoms with Crippen LogP contribution in [0, 0.1) is 17.1 Å². The van der Waals surface area contributed by atoms with Gasteiger partial charge in [-0.25, -0.2) is 4.39 Å². The molecule has 3 nitrogen and oxygen atoms in total. The average Bonchev–Trinajstić information content (AvgIpc) is 2.31. The molecule has 0 radical (unpaired) electrons. The second-order valence-electron chi connectivity index (χ2n) is 4.73. The molecule has 0 aliphatic rings. The Hall–Kier alpha value is -1.44. The van der Waals surface area contributed by atoms with Crippen LogP contribution in [0.15, 0.2) is 24.3 Å². The molecule has 0 amide bonds. The molecule has 0 aliphatic carbocycles. The van der Waals surface area contributed by atoms with Gasteiger partial charge in [-0.2, -0.15) is 5.26 Å². The molecule has 0 aliphatic heterocycles. The predicted octanol–water partition coefficient (Wildman–Crippen LogP) is 2.45. The summed E-state index contributed by atoms with van der Waals surface area (Å²) in [6.45, 7) is 3.91. The predicted molar refractivity (Wildman–Crippen MR) is 70.2 cm³/mol. The Bertz CT molecular complexity index is 408. The van der Waals surface area contributed by atoms with Gasteiger partial charge < -0.3 is 5.73 Å². The lowest BCUT2D eigenvalue weighted by molar-refractivity contribution is 0.167. The number of nitrogens with zero attached hydrogens (tertiary/aromatic N) is 2. The van der Waals surface area contributed by atoms with Crippen molar-refractivity contribution in [2.24, 2.45) is 5.73 Å². The van der Waals surface area contributed by atoms with Gasteiger partial charge >= 0.3 is 0 Å². The number of nitriles is 1. The van der Waals surface area contributed by atoms with Crippen LogP contribution in [-0.4, -0.2) is 24.0 Å². The van der Waals surface area contributed by atoms with Crippen LogP contribution in [0.5, 0.6) is 0 Å². The molecule has 18 heavy (non-hydrogen) atoms. The van der Waals surface area contributed by atoms with E-state index in [1.54, 1.807) is 12.1 Å². The molecule has 0 bridgehead atoms. The summed E-state index contributed by atoms with van der Waals surface area (Å²) in [5, 5.41) is 8.76. The van der Waals surface area contributed by atoms with E-state index < -0.39 is 0 Å². The van der Waals surface area contributed by atoms with Crippen LogP contribution in [0.3, 0.4) is 0 Å². The van der Waals surface area contributed by atoms with E-state index in [9.17, 15) is 4.39 Å². The van der Waals surface area contributed by atoms with Crippen molar-refractivity contribution in [3.8, 4) is 6.07 Å². The molecule has 0 heterocycles. The number of hydrogen-bond acceptors (Lipinski definition) is 3. The lowest BCUT2D eigenvalue weighted by atomic mass is 9.98. The highest BCUT2D eigenvalue weighted by atomic mass is 19.1. The van der Waals surface area contributed by atoms with Crippen LogP contribution in [0.2, 0.25) is 0 Å². The molecule has 1 rings (SSSR count). The maximum absolute atomic E-state index is 12.9. The molecule has 3 atom stereocenters. The normalized spacial score (nSPS) is 16.1. The first kappa shape index (κ1) is 14.6. The van der Waals surface area contributed by atoms with Gasteiger partial charge in [0.05, 0.1) is 12.5 Å². The fourth-order valence-corrected chi connectivity index (χ4v) is 2.12. The Balaban J connectivity index is 2.96. The van der Waals surface area contributed by atoms with Crippen molar-refractivity contribution in [3.63, 3.8) is 0 Å². The van der Waals surface area contributed by atoms with Crippen molar-refractivity contribution < 1.29 is 4.39 Å². The van der Waals surface area contributed by atoms with E-state index in [-0.39, 0.29) is 23.9 Å². The second-order valence-corrected chi connectivity index (χ2v) is 4.73. The van der Waals surface area contributed by atoms with E-state index in [0.29, 0.717) is 6.42 Å². The average molecular weight is 249 g/mol. The minimum Gasteiger partial charge on any atom is -0.326 e. The van der Waals surface area contributed by atoms with Crippen LogP contribution in [0.1, 0.15) is 31.9 Å². The van der Waals surface area contributed by atoms with Crippen molar-refractivity contribution in [1.29, 1.82) is 5.26 Å². The van der Waals surface area contributed by atoms with E-state index in [0.717, 1.165) is 5.56 Å². The summed E-state index contributed by atoms with van der Waals surface area (Å²) in [6.07, 6.45) is 0.445. The third-order valence-corrected chi connectivity index (χ3v) is 3.23. The third-order valence-electron chi connectivity index (χ3n) is 3.23. The first-order valence-electron chi connectivity index (χ1n) is 6.07. The molecular weight excluding hydrogens is 229 g/mol. The summed E-state index contributed by atoms with van der Waals surface area (Å²) in [7, 11) is 1.94. The Labute approximate surface area is 108 Å². The van der Waals surface area contributed by atoms with E-state index in [2.05, 4.69) is 11.0 Å². The number of nitrogens with two attached hydrogens (primary N) is 1. The van der Waals surface area contributed by atoms with Crippen molar-refractivity contribution in [1.82, 2.24) is 4.90 Å². The van der Waals surface area contributed by atoms with Gasteiger partial charge in [0, 0.05) is 18.1 Å². The summed E-state index contributed by atoms with van der Waals surface area (Å²) >= 11 is 0. The zero-order valence-corrected chi connectivity index (χ0v) is 11.1. The summed E-state index contributed by atoms with van der Waals surface area (Å²) in [5.41, 5.74) is 6.99. The first-order chi connectivity index (χ1) is 8.47. The Kier molecular flexibility index (Phi) is 5.26. The highest BCUT2D eigenvalue weighted by molar-refractivity contribution is 5.21. The zero-order chi connectivity index (χ0) is 13.7. The quantitative estimate of drug-likeness (QED) is 0.872. The van der Waals surface area contributed by atoms with Crippen LogP contribution in [0.25, 0.3) is 0 Å². The van der Waals surface area contributed by atoms with E-state index >= 15 is 0 Å². The summed E-state index contributed by atoms with van der Waals surface area (Å²) < 4.78 is 12.9. The fraction of sp³-hybridized carbons (Fsp3) is 0.500. The Morgan fingerprint density at radius 1 is 1.33 bits per heavy atom. The van der Waals surface area contributed by atoms with Gasteiger partial charge in [-0.15, -0.1) is 0 Å². The minimum absolute atomic E-state index is 0.0195. The van der Waals surface area contributed by atoms with Crippen LogP contribution < -0.4 is 5.73 Å². The number of hydrogen-bond donors (Lipinski definition) is 1. The van der Waals surface area contributed by atoms with Gasteiger partial charge in [0.2, 0.25) is 0 Å². The maximum atomic E-state index is 12.9. The molecule has 0 saturated heterocycles. The van der Waals surface area contributed by atoms with Crippen molar-refractivity contribution >= 4 is 0 Å². The number of rotatable bonds is 5. The molecule has 1 aromatic rings. The molecule has 0 saturated carbocycles. The fourth-order valence-electron chi connectivity index (χ4n) is 2.12. The summed E-state index contributed by atoms with van der Waals surface area (Å²) in [5.74, 6) is -0.255. The number of benzene rings is 1. The van der Waals surface area contributed by atoms with Crippen molar-refractivity contribution in [3.05, 3.63) is 35.6 Å². The summed E-state index contributed by atoms with van der Waals surface area (Å²) in [6, 6.07) is 8.53. The molecule has 3 unspecified atom stereocenters. The Morgan fingerprint density at radius 3 is 2.33 bits per heavy atom. The molecule has 4 heteroatoms. The van der Waals surface area contributed by atoms with Gasteiger partial charge in [0.25, 0.3) is 0 Å². The monoisotopic (exact) mass is 249 g/mol. The smallest absolute Gasteiger partial charge is 0.123 e. The third kappa shape index (κ3) is 3.52. The van der Waals surface area contributed by atoms with Crippen LogP contribution in [-0.2, 0) is 0 Å². The summed E-state index contributed by atoms with van der Waals surface area (Å²) in [4.78, 5) is 2.07. The molecule has 0 spiro atoms. The van der Waals surface area contributed by atoms with E-state index in [4.69, 9.17) is 11.0 Å². The largest absolute Gasteiger partial charge is 0.326 e. The van der Waals surface area contributed by atoms with Gasteiger partial charge in [-0.3, -0.25) is 4.90 Å². The van der Waals surface area contributed by atoms with Gasteiger partial charge in [0.1, 0.15) is 5.82 Å². The Morgan fingerprint density at radius 2 is 1.89 bits per heavy atom. The lowest BCUT2D eigenvalue weighted by Gasteiger charge is -2.35. The van der Waals surface area contributed by atoms with Crippen molar-refractivity contribution in [2.75, 3.05) is 7.05 Å². The molecule has 0 aromatic heterocycles. The second kappa shape index (κ2) is 6.48. The lowest BCUT2D eigenvalue weighted by Crippen LogP contribution is -2.41. The standard InChI is InChI=1S/C14H20FN3/c1-10(8-9-16)18(3)14(11(2)17)12-4-6-13(15)7-5-12/h4-7,10-11,14H,8,17H2,1-3H3. The molecular formula is C14H20FN3. The van der Waals surface area contributed by atoms with Crippen LogP contribution >= 0.6 is 0 Å². The van der Waals surface area contributed by atoms with E-state index in [1.165, 1.54) is 12.1 Å². The van der Waals surface area contributed by atoms with Gasteiger partial charge in [-0.1, -0.05) is 12.1 Å². The topological polar surface area (TPSA) is 53.0 Å². The number of halogens is 1. The first-order valence-corrected chi connectivity index (χ1v) is 6.07. The van der Waals surface area contributed by atoms with Gasteiger partial charge in [0.15, 0.2) is 0 Å². The number of likely N-dealkylation sites (N-methyl/N-ethyl adjacent to an activating group) is 1. The molecule has 1 aromatic carbocycles. The highest BCUT2D eigenvalue weighted by Crippen LogP contribution is 2.25. The zero-order valence-electron chi connectivity index (χ0n) is 11.1. The van der Waals surface area contributed by atoms with Crippen LogP contribution in [0.4, 0.5) is 4.39 Å².